The maximum Gasteiger partial charge on any atom is 0.419 e. The molecule has 0 aliphatic carbocycles. The van der Waals surface area contributed by atoms with Gasteiger partial charge < -0.3 is 0 Å². The van der Waals surface area contributed by atoms with E-state index in [2.05, 4.69) is 9.97 Å². The van der Waals surface area contributed by atoms with Gasteiger partial charge in [-0.25, -0.2) is 9.97 Å². The summed E-state index contributed by atoms with van der Waals surface area (Å²) in [7, 11) is 0. The Morgan fingerprint density at radius 3 is 1.75 bits per heavy atom. The molecule has 0 aliphatic heterocycles. The summed E-state index contributed by atoms with van der Waals surface area (Å²) in [5.74, 6) is 0. The molecule has 1 aromatic heterocycles. The molecular formula is C7H7F3N2. The van der Waals surface area contributed by atoms with E-state index < -0.39 is 11.7 Å². The minimum absolute atomic E-state index is 0.0324. The quantitative estimate of drug-likeness (QED) is 0.605. The number of aryl methyl sites for hydroxylation is 2. The average molecular weight is 176 g/mol. The normalized spacial score (nSPS) is 11.8. The summed E-state index contributed by atoms with van der Waals surface area (Å²) in [4.78, 5) is 6.95. The van der Waals surface area contributed by atoms with Crippen LogP contribution >= 0.6 is 0 Å². The zero-order valence-corrected chi connectivity index (χ0v) is 6.61. The average Bonchev–Trinajstić information content (AvgIpc) is 1.82. The van der Waals surface area contributed by atoms with E-state index >= 15 is 0 Å². The van der Waals surface area contributed by atoms with Crippen LogP contribution < -0.4 is 0 Å². The summed E-state index contributed by atoms with van der Waals surface area (Å²) in [6, 6.07) is 0. The summed E-state index contributed by atoms with van der Waals surface area (Å²) in [5, 5.41) is 0. The minimum atomic E-state index is -4.35. The van der Waals surface area contributed by atoms with Gasteiger partial charge in [0.25, 0.3) is 0 Å². The molecule has 1 rings (SSSR count). The first-order valence-electron chi connectivity index (χ1n) is 3.28. The van der Waals surface area contributed by atoms with Crippen molar-refractivity contribution in [1.29, 1.82) is 0 Å². The van der Waals surface area contributed by atoms with Gasteiger partial charge in [-0.1, -0.05) is 0 Å². The van der Waals surface area contributed by atoms with Gasteiger partial charge in [0.05, 0.1) is 17.0 Å². The van der Waals surface area contributed by atoms with Gasteiger partial charge in [-0.05, 0) is 13.8 Å². The lowest BCUT2D eigenvalue weighted by Gasteiger charge is -2.10. The van der Waals surface area contributed by atoms with Crippen molar-refractivity contribution >= 4 is 0 Å². The van der Waals surface area contributed by atoms with E-state index in [1.165, 1.54) is 13.8 Å². The number of aromatic nitrogens is 2. The second-order valence-electron chi connectivity index (χ2n) is 2.42. The van der Waals surface area contributed by atoms with Crippen LogP contribution in [0.2, 0.25) is 0 Å². The lowest BCUT2D eigenvalue weighted by atomic mass is 10.2. The van der Waals surface area contributed by atoms with Gasteiger partial charge in [-0.15, -0.1) is 0 Å². The molecule has 1 heterocycles. The fraction of sp³-hybridized carbons (Fsp3) is 0.429. The van der Waals surface area contributed by atoms with E-state index in [9.17, 15) is 13.2 Å². The van der Waals surface area contributed by atoms with Gasteiger partial charge in [-0.2, -0.15) is 13.2 Å². The van der Waals surface area contributed by atoms with Crippen LogP contribution in [0.15, 0.2) is 6.33 Å². The summed E-state index contributed by atoms with van der Waals surface area (Å²) < 4.78 is 36.7. The predicted molar refractivity (Wildman–Crippen MR) is 36.5 cm³/mol. The van der Waals surface area contributed by atoms with Crippen molar-refractivity contribution in [2.24, 2.45) is 0 Å². The van der Waals surface area contributed by atoms with Gasteiger partial charge in [0, 0.05) is 0 Å². The monoisotopic (exact) mass is 176 g/mol. The van der Waals surface area contributed by atoms with Crippen LogP contribution in [-0.4, -0.2) is 9.97 Å². The van der Waals surface area contributed by atoms with Crippen molar-refractivity contribution in [3.05, 3.63) is 23.3 Å². The third kappa shape index (κ3) is 1.54. The molecule has 12 heavy (non-hydrogen) atoms. The first-order valence-corrected chi connectivity index (χ1v) is 3.28. The second-order valence-corrected chi connectivity index (χ2v) is 2.42. The molecule has 0 saturated heterocycles. The van der Waals surface area contributed by atoms with Crippen LogP contribution in [0, 0.1) is 13.8 Å². The SMILES string of the molecule is Cc1ncnc(C)c1C(F)(F)F. The molecule has 0 bridgehead atoms. The molecule has 0 atom stereocenters. The fourth-order valence-corrected chi connectivity index (χ4v) is 1.00. The number of nitrogens with zero attached hydrogens (tertiary/aromatic N) is 2. The molecule has 0 saturated carbocycles. The fourth-order valence-electron chi connectivity index (χ4n) is 1.00. The van der Waals surface area contributed by atoms with Crippen LogP contribution in [0.1, 0.15) is 17.0 Å². The van der Waals surface area contributed by atoms with E-state index in [0.717, 1.165) is 6.33 Å². The maximum absolute atomic E-state index is 12.2. The molecule has 0 fully saturated rings. The highest BCUT2D eigenvalue weighted by atomic mass is 19.4. The van der Waals surface area contributed by atoms with E-state index in [1.807, 2.05) is 0 Å². The summed E-state index contributed by atoms with van der Waals surface area (Å²) in [6.07, 6.45) is -3.23. The first kappa shape index (κ1) is 8.96. The smallest absolute Gasteiger partial charge is 0.241 e. The van der Waals surface area contributed by atoms with Crippen molar-refractivity contribution in [2.75, 3.05) is 0 Å². The molecule has 0 unspecified atom stereocenters. The van der Waals surface area contributed by atoms with E-state index in [0.29, 0.717) is 0 Å². The Bertz CT molecular complexity index is 273. The lowest BCUT2D eigenvalue weighted by Crippen LogP contribution is -2.12. The number of hydrogen-bond donors (Lipinski definition) is 0. The van der Waals surface area contributed by atoms with Gasteiger partial charge in [-0.3, -0.25) is 0 Å². The lowest BCUT2D eigenvalue weighted by molar-refractivity contribution is -0.139. The first-order chi connectivity index (χ1) is 5.43. The standard InChI is InChI=1S/C7H7F3N2/c1-4-6(7(8,9)10)5(2)12-3-11-4/h3H,1-2H3. The number of rotatable bonds is 0. The third-order valence-corrected chi connectivity index (χ3v) is 1.51. The van der Waals surface area contributed by atoms with Crippen molar-refractivity contribution in [3.63, 3.8) is 0 Å². The number of halogens is 3. The van der Waals surface area contributed by atoms with Crippen molar-refractivity contribution in [2.45, 2.75) is 20.0 Å². The van der Waals surface area contributed by atoms with E-state index in [1.54, 1.807) is 0 Å². The summed E-state index contributed by atoms with van der Waals surface area (Å²) >= 11 is 0. The molecule has 0 aliphatic rings. The molecule has 2 nitrogen and oxygen atoms in total. The molecule has 0 amide bonds. The zero-order valence-electron chi connectivity index (χ0n) is 6.61. The Balaban J connectivity index is 3.31. The maximum atomic E-state index is 12.2. The number of alkyl halides is 3. The summed E-state index contributed by atoms with van der Waals surface area (Å²) in [6.45, 7) is 2.63. The van der Waals surface area contributed by atoms with Crippen LogP contribution in [0.25, 0.3) is 0 Å². The molecule has 0 spiro atoms. The molecule has 0 aromatic carbocycles. The van der Waals surface area contributed by atoms with E-state index in [4.69, 9.17) is 0 Å². The Morgan fingerprint density at radius 1 is 1.08 bits per heavy atom. The number of hydrogen-bond acceptors (Lipinski definition) is 2. The van der Waals surface area contributed by atoms with Gasteiger partial charge >= 0.3 is 6.18 Å². The Morgan fingerprint density at radius 2 is 1.50 bits per heavy atom. The highest BCUT2D eigenvalue weighted by molar-refractivity contribution is 5.25. The van der Waals surface area contributed by atoms with Crippen LogP contribution in [0.4, 0.5) is 13.2 Å². The Hall–Kier alpha value is -1.13. The largest absolute Gasteiger partial charge is 0.419 e. The molecule has 66 valence electrons. The minimum Gasteiger partial charge on any atom is -0.241 e. The highest BCUT2D eigenvalue weighted by Gasteiger charge is 2.35. The van der Waals surface area contributed by atoms with Crippen LogP contribution in [-0.2, 0) is 6.18 Å². The van der Waals surface area contributed by atoms with Gasteiger partial charge in [0.1, 0.15) is 6.33 Å². The molecular weight excluding hydrogens is 169 g/mol. The van der Waals surface area contributed by atoms with Crippen LogP contribution in [0.5, 0.6) is 0 Å². The highest BCUT2D eigenvalue weighted by Crippen LogP contribution is 2.32. The zero-order chi connectivity index (χ0) is 9.35. The van der Waals surface area contributed by atoms with E-state index in [-0.39, 0.29) is 11.4 Å². The van der Waals surface area contributed by atoms with Gasteiger partial charge in [0.15, 0.2) is 0 Å². The van der Waals surface area contributed by atoms with Crippen molar-refractivity contribution in [1.82, 2.24) is 9.97 Å². The topological polar surface area (TPSA) is 25.8 Å². The second kappa shape index (κ2) is 2.73. The molecule has 0 radical (unpaired) electrons. The van der Waals surface area contributed by atoms with Crippen molar-refractivity contribution in [3.8, 4) is 0 Å². The Labute approximate surface area is 67.5 Å². The Kier molecular flexibility index (Phi) is 2.04. The molecule has 5 heteroatoms. The van der Waals surface area contributed by atoms with Gasteiger partial charge in [0.2, 0.25) is 0 Å². The third-order valence-electron chi connectivity index (χ3n) is 1.51. The summed E-state index contributed by atoms with van der Waals surface area (Å²) in [5.41, 5.74) is -0.796. The van der Waals surface area contributed by atoms with Crippen molar-refractivity contribution < 1.29 is 13.2 Å². The molecule has 0 N–H and O–H groups in total. The predicted octanol–water partition coefficient (Wildman–Crippen LogP) is 2.11. The molecule has 1 aromatic rings. The van der Waals surface area contributed by atoms with Crippen LogP contribution in [0.3, 0.4) is 0 Å².